The summed E-state index contributed by atoms with van der Waals surface area (Å²) in [6.45, 7) is 5.74. The summed E-state index contributed by atoms with van der Waals surface area (Å²) in [5.41, 5.74) is 1.73. The van der Waals surface area contributed by atoms with Gasteiger partial charge in [-0.3, -0.25) is 9.59 Å². The first-order valence-corrected chi connectivity index (χ1v) is 8.57. The molecule has 23 heavy (non-hydrogen) atoms. The maximum atomic E-state index is 12.9. The van der Waals surface area contributed by atoms with E-state index < -0.39 is 0 Å². The molecule has 0 aromatic heterocycles. The van der Waals surface area contributed by atoms with Crippen LogP contribution in [0.15, 0.2) is 24.3 Å². The number of benzene rings is 1. The summed E-state index contributed by atoms with van der Waals surface area (Å²) >= 11 is 0. The van der Waals surface area contributed by atoms with Gasteiger partial charge in [0.05, 0.1) is 5.92 Å². The number of anilines is 1. The van der Waals surface area contributed by atoms with Crippen LogP contribution in [0, 0.1) is 5.92 Å². The van der Waals surface area contributed by atoms with Crippen LogP contribution < -0.4 is 10.6 Å². The fraction of sp³-hybridized carbons (Fsp3) is 0.556. The SMILES string of the molecule is CCNCC1CCN(C(=O)C2CC(=O)Nc3ccccc32)CC1. The number of nitrogens with zero attached hydrogens (tertiary/aromatic N) is 1. The van der Waals surface area contributed by atoms with Gasteiger partial charge in [-0.05, 0) is 43.5 Å². The standard InChI is InChI=1S/C18H25N3O2/c1-2-19-12-13-7-9-21(10-8-13)18(23)15-11-17(22)20-16-6-4-3-5-14(15)16/h3-6,13,15,19H,2,7-12H2,1H3,(H,20,22). The lowest BCUT2D eigenvalue weighted by Gasteiger charge is -2.35. The average Bonchev–Trinajstić information content (AvgIpc) is 2.59. The normalized spacial score (nSPS) is 21.7. The van der Waals surface area contributed by atoms with E-state index in [1.165, 1.54) is 0 Å². The minimum absolute atomic E-state index is 0.0657. The van der Waals surface area contributed by atoms with Gasteiger partial charge < -0.3 is 15.5 Å². The Labute approximate surface area is 137 Å². The first-order valence-electron chi connectivity index (χ1n) is 8.57. The number of likely N-dealkylation sites (tertiary alicyclic amines) is 1. The molecular formula is C18H25N3O2. The van der Waals surface area contributed by atoms with Crippen molar-refractivity contribution in [1.29, 1.82) is 0 Å². The van der Waals surface area contributed by atoms with Crippen molar-refractivity contribution in [1.82, 2.24) is 10.2 Å². The topological polar surface area (TPSA) is 61.4 Å². The molecule has 0 spiro atoms. The smallest absolute Gasteiger partial charge is 0.230 e. The van der Waals surface area contributed by atoms with Crippen LogP contribution in [0.1, 0.15) is 37.7 Å². The zero-order chi connectivity index (χ0) is 16.2. The number of hydrogen-bond donors (Lipinski definition) is 2. The van der Waals surface area contributed by atoms with Gasteiger partial charge in [0.1, 0.15) is 0 Å². The highest BCUT2D eigenvalue weighted by atomic mass is 16.2. The maximum Gasteiger partial charge on any atom is 0.230 e. The molecule has 2 aliphatic heterocycles. The minimum Gasteiger partial charge on any atom is -0.342 e. The zero-order valence-corrected chi connectivity index (χ0v) is 13.7. The molecule has 1 fully saturated rings. The predicted octanol–water partition coefficient (Wildman–Crippen LogP) is 1.96. The lowest BCUT2D eigenvalue weighted by atomic mass is 9.88. The van der Waals surface area contributed by atoms with Gasteiger partial charge in [-0.15, -0.1) is 0 Å². The number of piperidine rings is 1. The third-order valence-corrected chi connectivity index (χ3v) is 4.91. The van der Waals surface area contributed by atoms with E-state index in [0.717, 1.165) is 50.3 Å². The van der Waals surface area contributed by atoms with Crippen LogP contribution in [-0.2, 0) is 9.59 Å². The van der Waals surface area contributed by atoms with Gasteiger partial charge in [0, 0.05) is 25.2 Å². The molecule has 5 heteroatoms. The molecule has 0 bridgehead atoms. The predicted molar refractivity (Wildman–Crippen MR) is 90.3 cm³/mol. The summed E-state index contributed by atoms with van der Waals surface area (Å²) in [5, 5.41) is 6.25. The van der Waals surface area contributed by atoms with Gasteiger partial charge >= 0.3 is 0 Å². The molecule has 0 saturated carbocycles. The zero-order valence-electron chi connectivity index (χ0n) is 13.7. The summed E-state index contributed by atoms with van der Waals surface area (Å²) in [6.07, 6.45) is 2.34. The van der Waals surface area contributed by atoms with Crippen molar-refractivity contribution in [3.63, 3.8) is 0 Å². The quantitative estimate of drug-likeness (QED) is 0.893. The maximum absolute atomic E-state index is 12.9. The molecule has 0 aliphatic carbocycles. The molecule has 2 amide bonds. The lowest BCUT2D eigenvalue weighted by Crippen LogP contribution is -2.44. The third-order valence-electron chi connectivity index (χ3n) is 4.91. The Morgan fingerprint density at radius 3 is 2.78 bits per heavy atom. The Hall–Kier alpha value is -1.88. The van der Waals surface area contributed by atoms with Gasteiger partial charge in [-0.1, -0.05) is 25.1 Å². The Morgan fingerprint density at radius 1 is 1.30 bits per heavy atom. The highest BCUT2D eigenvalue weighted by molar-refractivity contribution is 6.01. The fourth-order valence-electron chi connectivity index (χ4n) is 3.56. The molecule has 2 heterocycles. The van der Waals surface area contributed by atoms with Crippen LogP contribution in [0.3, 0.4) is 0 Å². The van der Waals surface area contributed by atoms with E-state index in [4.69, 9.17) is 0 Å². The lowest BCUT2D eigenvalue weighted by molar-refractivity contribution is -0.136. The van der Waals surface area contributed by atoms with Crippen LogP contribution in [0.4, 0.5) is 5.69 Å². The van der Waals surface area contributed by atoms with Crippen LogP contribution >= 0.6 is 0 Å². The largest absolute Gasteiger partial charge is 0.342 e. The van der Waals surface area contributed by atoms with Gasteiger partial charge in [0.15, 0.2) is 0 Å². The molecule has 1 saturated heterocycles. The van der Waals surface area contributed by atoms with Crippen LogP contribution in [-0.4, -0.2) is 42.9 Å². The Bertz CT molecular complexity index is 579. The number of amides is 2. The van der Waals surface area contributed by atoms with Crippen molar-refractivity contribution in [2.24, 2.45) is 5.92 Å². The summed E-state index contributed by atoms with van der Waals surface area (Å²) in [6, 6.07) is 7.64. The molecule has 1 atom stereocenters. The second-order valence-electron chi connectivity index (χ2n) is 6.47. The number of hydrogen-bond acceptors (Lipinski definition) is 3. The van der Waals surface area contributed by atoms with E-state index in [2.05, 4.69) is 17.6 Å². The highest BCUT2D eigenvalue weighted by Gasteiger charge is 2.34. The first kappa shape index (κ1) is 16.0. The monoisotopic (exact) mass is 315 g/mol. The van der Waals surface area contributed by atoms with Crippen molar-refractivity contribution in [2.45, 2.75) is 32.1 Å². The van der Waals surface area contributed by atoms with E-state index in [-0.39, 0.29) is 24.2 Å². The average molecular weight is 315 g/mol. The Morgan fingerprint density at radius 2 is 2.04 bits per heavy atom. The molecule has 5 nitrogen and oxygen atoms in total. The number of fused-ring (bicyclic) bond motifs is 1. The van der Waals surface area contributed by atoms with E-state index in [1.54, 1.807) is 0 Å². The van der Waals surface area contributed by atoms with Crippen LogP contribution in [0.2, 0.25) is 0 Å². The number of carbonyl (C=O) groups excluding carboxylic acids is 2. The van der Waals surface area contributed by atoms with E-state index in [0.29, 0.717) is 5.92 Å². The summed E-state index contributed by atoms with van der Waals surface area (Å²) in [7, 11) is 0. The molecule has 1 unspecified atom stereocenters. The highest BCUT2D eigenvalue weighted by Crippen LogP contribution is 2.34. The number of carbonyl (C=O) groups is 2. The van der Waals surface area contributed by atoms with Crippen molar-refractivity contribution in [2.75, 3.05) is 31.5 Å². The van der Waals surface area contributed by atoms with Crippen LogP contribution in [0.25, 0.3) is 0 Å². The number of nitrogens with one attached hydrogen (secondary N) is 2. The molecule has 1 aromatic rings. The van der Waals surface area contributed by atoms with Crippen molar-refractivity contribution in [3.05, 3.63) is 29.8 Å². The minimum atomic E-state index is -0.328. The Balaban J connectivity index is 1.66. The van der Waals surface area contributed by atoms with Crippen LogP contribution in [0.5, 0.6) is 0 Å². The molecule has 2 N–H and O–H groups in total. The van der Waals surface area contributed by atoms with Gasteiger partial charge in [0.2, 0.25) is 11.8 Å². The molecule has 2 aliphatic rings. The molecular weight excluding hydrogens is 290 g/mol. The van der Waals surface area contributed by atoms with Gasteiger partial charge in [-0.2, -0.15) is 0 Å². The summed E-state index contributed by atoms with van der Waals surface area (Å²) < 4.78 is 0. The first-order chi connectivity index (χ1) is 11.2. The van der Waals surface area contributed by atoms with Gasteiger partial charge in [0.25, 0.3) is 0 Å². The second-order valence-corrected chi connectivity index (χ2v) is 6.47. The summed E-state index contributed by atoms with van der Waals surface area (Å²) in [4.78, 5) is 26.8. The molecule has 124 valence electrons. The molecule has 3 rings (SSSR count). The Kier molecular flexibility index (Phi) is 4.96. The van der Waals surface area contributed by atoms with Crippen molar-refractivity contribution >= 4 is 17.5 Å². The third kappa shape index (κ3) is 3.55. The number of rotatable bonds is 4. The molecule has 0 radical (unpaired) electrons. The van der Waals surface area contributed by atoms with Crippen molar-refractivity contribution < 1.29 is 9.59 Å². The van der Waals surface area contributed by atoms with E-state index >= 15 is 0 Å². The molecule has 1 aromatic carbocycles. The number of para-hydroxylation sites is 1. The second kappa shape index (κ2) is 7.13. The summed E-state index contributed by atoms with van der Waals surface area (Å²) in [5.74, 6) is 0.365. The van der Waals surface area contributed by atoms with E-state index in [9.17, 15) is 9.59 Å². The van der Waals surface area contributed by atoms with Gasteiger partial charge in [-0.25, -0.2) is 0 Å². The van der Waals surface area contributed by atoms with Crippen molar-refractivity contribution in [3.8, 4) is 0 Å². The fourth-order valence-corrected chi connectivity index (χ4v) is 3.56. The van der Waals surface area contributed by atoms with E-state index in [1.807, 2.05) is 29.2 Å².